The van der Waals surface area contributed by atoms with Crippen LogP contribution in [0.5, 0.6) is 0 Å². The summed E-state index contributed by atoms with van der Waals surface area (Å²) in [6.07, 6.45) is -0.311. The Hall–Kier alpha value is -1.42. The molecule has 1 saturated heterocycles. The third-order valence-corrected chi connectivity index (χ3v) is 2.70. The van der Waals surface area contributed by atoms with Gasteiger partial charge in [0.15, 0.2) is 0 Å². The van der Waals surface area contributed by atoms with Crippen LogP contribution in [0.15, 0.2) is 18.2 Å². The Morgan fingerprint density at radius 3 is 2.93 bits per heavy atom. The Balaban J connectivity index is 2.20. The number of carbonyl (C=O) groups is 1. The molecule has 0 spiro atoms. The van der Waals surface area contributed by atoms with Crippen LogP contribution in [-0.2, 0) is 11.3 Å². The topological polar surface area (TPSA) is 55.6 Å². The van der Waals surface area contributed by atoms with E-state index >= 15 is 0 Å². The second-order valence-electron chi connectivity index (χ2n) is 3.34. The Kier molecular flexibility index (Phi) is 2.68. The zero-order valence-corrected chi connectivity index (χ0v) is 8.83. The molecule has 0 aromatic heterocycles. The van der Waals surface area contributed by atoms with Gasteiger partial charge >= 0.3 is 6.09 Å². The molecule has 0 atom stereocenters. The fraction of sp³-hybridized carbons (Fsp3) is 0.300. The molecule has 1 fully saturated rings. The first kappa shape index (κ1) is 10.1. The summed E-state index contributed by atoms with van der Waals surface area (Å²) >= 11 is 6.00. The third kappa shape index (κ3) is 1.99. The van der Waals surface area contributed by atoms with Crippen LogP contribution in [0.1, 0.15) is 5.56 Å². The monoisotopic (exact) mass is 226 g/mol. The maximum Gasteiger partial charge on any atom is 0.410 e. The SMILES string of the molecule is Nc1cccc(Cl)c1CN1CCOC1=O. The van der Waals surface area contributed by atoms with Gasteiger partial charge in [0.05, 0.1) is 13.1 Å². The maximum atomic E-state index is 11.2. The molecule has 1 aromatic carbocycles. The normalized spacial score (nSPS) is 15.5. The van der Waals surface area contributed by atoms with Gasteiger partial charge in [-0.1, -0.05) is 17.7 Å². The summed E-state index contributed by atoms with van der Waals surface area (Å²) < 4.78 is 4.82. The van der Waals surface area contributed by atoms with Gasteiger partial charge in [-0.25, -0.2) is 4.79 Å². The van der Waals surface area contributed by atoms with Crippen molar-refractivity contribution in [2.75, 3.05) is 18.9 Å². The van der Waals surface area contributed by atoms with Crippen molar-refractivity contribution in [3.05, 3.63) is 28.8 Å². The maximum absolute atomic E-state index is 11.2. The van der Waals surface area contributed by atoms with Crippen molar-refractivity contribution in [1.82, 2.24) is 4.90 Å². The summed E-state index contributed by atoms with van der Waals surface area (Å²) in [7, 11) is 0. The molecule has 1 aliphatic rings. The second-order valence-corrected chi connectivity index (χ2v) is 3.75. The molecular formula is C10H11ClN2O2. The molecule has 2 rings (SSSR count). The van der Waals surface area contributed by atoms with Gasteiger partial charge in [-0.05, 0) is 12.1 Å². The van der Waals surface area contributed by atoms with E-state index in [9.17, 15) is 4.79 Å². The number of nitrogens with two attached hydrogens (primary N) is 1. The van der Waals surface area contributed by atoms with Crippen LogP contribution in [0, 0.1) is 0 Å². The van der Waals surface area contributed by atoms with Crippen LogP contribution in [-0.4, -0.2) is 24.1 Å². The molecule has 15 heavy (non-hydrogen) atoms. The van der Waals surface area contributed by atoms with E-state index in [0.717, 1.165) is 5.56 Å². The smallest absolute Gasteiger partial charge is 0.410 e. The minimum atomic E-state index is -0.311. The molecule has 0 bridgehead atoms. The van der Waals surface area contributed by atoms with E-state index in [0.29, 0.717) is 30.4 Å². The molecule has 0 radical (unpaired) electrons. The fourth-order valence-corrected chi connectivity index (χ4v) is 1.74. The van der Waals surface area contributed by atoms with Crippen LogP contribution in [0.3, 0.4) is 0 Å². The number of hydrogen-bond donors (Lipinski definition) is 1. The Bertz CT molecular complexity index is 375. The molecule has 1 aromatic rings. The molecule has 1 heterocycles. The zero-order chi connectivity index (χ0) is 10.8. The van der Waals surface area contributed by atoms with Crippen molar-refractivity contribution in [2.24, 2.45) is 0 Å². The third-order valence-electron chi connectivity index (χ3n) is 2.35. The van der Waals surface area contributed by atoms with E-state index in [-0.39, 0.29) is 6.09 Å². The van der Waals surface area contributed by atoms with E-state index in [1.165, 1.54) is 0 Å². The van der Waals surface area contributed by atoms with Crippen LogP contribution < -0.4 is 5.73 Å². The Morgan fingerprint density at radius 1 is 1.53 bits per heavy atom. The van der Waals surface area contributed by atoms with Gasteiger partial charge < -0.3 is 15.4 Å². The number of hydrogen-bond acceptors (Lipinski definition) is 3. The van der Waals surface area contributed by atoms with Crippen molar-refractivity contribution in [3.8, 4) is 0 Å². The fourth-order valence-electron chi connectivity index (χ4n) is 1.50. The zero-order valence-electron chi connectivity index (χ0n) is 8.07. The van der Waals surface area contributed by atoms with Gasteiger partial charge in [-0.3, -0.25) is 0 Å². The number of halogens is 1. The first-order chi connectivity index (χ1) is 7.18. The van der Waals surface area contributed by atoms with Crippen molar-refractivity contribution in [1.29, 1.82) is 0 Å². The van der Waals surface area contributed by atoms with Crippen molar-refractivity contribution in [3.63, 3.8) is 0 Å². The number of nitrogen functional groups attached to an aromatic ring is 1. The summed E-state index contributed by atoms with van der Waals surface area (Å²) in [6, 6.07) is 5.31. The quantitative estimate of drug-likeness (QED) is 0.784. The number of benzene rings is 1. The van der Waals surface area contributed by atoms with E-state index in [4.69, 9.17) is 22.1 Å². The lowest BCUT2D eigenvalue weighted by molar-refractivity contribution is 0.157. The van der Waals surface area contributed by atoms with Crippen LogP contribution in [0.2, 0.25) is 5.02 Å². The molecule has 1 amide bonds. The molecule has 5 heteroatoms. The molecule has 2 N–H and O–H groups in total. The van der Waals surface area contributed by atoms with Crippen LogP contribution in [0.25, 0.3) is 0 Å². The Morgan fingerprint density at radius 2 is 2.33 bits per heavy atom. The van der Waals surface area contributed by atoms with Crippen LogP contribution in [0.4, 0.5) is 10.5 Å². The first-order valence-corrected chi connectivity index (χ1v) is 5.01. The number of cyclic esters (lactones) is 1. The summed E-state index contributed by atoms with van der Waals surface area (Å²) in [4.78, 5) is 12.8. The molecule has 1 aliphatic heterocycles. The standard InChI is InChI=1S/C10H11ClN2O2/c11-8-2-1-3-9(12)7(8)6-13-4-5-15-10(13)14/h1-3H,4-6,12H2. The number of nitrogens with zero attached hydrogens (tertiary/aromatic N) is 1. The molecular weight excluding hydrogens is 216 g/mol. The van der Waals surface area contributed by atoms with E-state index < -0.39 is 0 Å². The van der Waals surface area contributed by atoms with Gasteiger partial charge in [-0.15, -0.1) is 0 Å². The van der Waals surface area contributed by atoms with E-state index in [1.807, 2.05) is 0 Å². The molecule has 0 unspecified atom stereocenters. The summed E-state index contributed by atoms with van der Waals surface area (Å²) in [5.41, 5.74) is 7.16. The average molecular weight is 227 g/mol. The van der Waals surface area contributed by atoms with E-state index in [1.54, 1.807) is 23.1 Å². The highest BCUT2D eigenvalue weighted by Crippen LogP contribution is 2.24. The summed E-state index contributed by atoms with van der Waals surface area (Å²) in [6.45, 7) is 1.43. The predicted molar refractivity (Wildman–Crippen MR) is 57.6 cm³/mol. The van der Waals surface area contributed by atoms with E-state index in [2.05, 4.69) is 0 Å². The van der Waals surface area contributed by atoms with Crippen molar-refractivity contribution < 1.29 is 9.53 Å². The number of ether oxygens (including phenoxy) is 1. The lowest BCUT2D eigenvalue weighted by atomic mass is 10.1. The number of carbonyl (C=O) groups excluding carboxylic acids is 1. The Labute approximate surface area is 92.6 Å². The van der Waals surface area contributed by atoms with Crippen molar-refractivity contribution in [2.45, 2.75) is 6.54 Å². The summed E-state index contributed by atoms with van der Waals surface area (Å²) in [5.74, 6) is 0. The minimum Gasteiger partial charge on any atom is -0.448 e. The highest BCUT2D eigenvalue weighted by Gasteiger charge is 2.23. The summed E-state index contributed by atoms with van der Waals surface area (Å²) in [5, 5.41) is 0.578. The van der Waals surface area contributed by atoms with Crippen molar-refractivity contribution >= 4 is 23.4 Å². The van der Waals surface area contributed by atoms with Gasteiger partial charge in [0, 0.05) is 16.3 Å². The lowest BCUT2D eigenvalue weighted by Crippen LogP contribution is -2.24. The largest absolute Gasteiger partial charge is 0.448 e. The van der Waals surface area contributed by atoms with Gasteiger partial charge in [-0.2, -0.15) is 0 Å². The van der Waals surface area contributed by atoms with Gasteiger partial charge in [0.2, 0.25) is 0 Å². The first-order valence-electron chi connectivity index (χ1n) is 4.63. The van der Waals surface area contributed by atoms with Crippen LogP contribution >= 0.6 is 11.6 Å². The van der Waals surface area contributed by atoms with Gasteiger partial charge in [0.1, 0.15) is 6.61 Å². The highest BCUT2D eigenvalue weighted by atomic mass is 35.5. The second kappa shape index (κ2) is 3.98. The molecule has 80 valence electrons. The lowest BCUT2D eigenvalue weighted by Gasteiger charge is -2.15. The molecule has 4 nitrogen and oxygen atoms in total. The van der Waals surface area contributed by atoms with Gasteiger partial charge in [0.25, 0.3) is 0 Å². The molecule has 0 saturated carbocycles. The highest BCUT2D eigenvalue weighted by molar-refractivity contribution is 6.31. The number of rotatable bonds is 2. The minimum absolute atomic E-state index is 0.311. The molecule has 0 aliphatic carbocycles. The number of amides is 1. The number of anilines is 1. The predicted octanol–water partition coefficient (Wildman–Crippen LogP) is 1.87. The average Bonchev–Trinajstić information content (AvgIpc) is 2.58.